The predicted octanol–water partition coefficient (Wildman–Crippen LogP) is 4.01. The first-order chi connectivity index (χ1) is 17.1. The fourth-order valence-corrected chi connectivity index (χ4v) is 3.84. The van der Waals surface area contributed by atoms with Crippen LogP contribution in [0.4, 0.5) is 39.5 Å². The largest absolute Gasteiger partial charge is 0.416 e. The second kappa shape index (κ2) is 9.62. The van der Waals surface area contributed by atoms with Gasteiger partial charge in [-0.3, -0.25) is 4.40 Å². The zero-order valence-corrected chi connectivity index (χ0v) is 18.3. The molecule has 2 aromatic heterocycles. The van der Waals surface area contributed by atoms with Gasteiger partial charge in [-0.25, -0.2) is 9.18 Å². The number of amides is 2. The van der Waals surface area contributed by atoms with Gasteiger partial charge in [0.15, 0.2) is 5.82 Å². The van der Waals surface area contributed by atoms with E-state index < -0.39 is 29.3 Å². The molecule has 0 radical (unpaired) electrons. The number of rotatable bonds is 6. The first kappa shape index (κ1) is 24.6. The van der Waals surface area contributed by atoms with Crippen molar-refractivity contribution in [3.8, 4) is 11.1 Å². The quantitative estimate of drug-likeness (QED) is 0.232. The van der Waals surface area contributed by atoms with Crippen LogP contribution >= 0.6 is 0 Å². The number of anilines is 3. The van der Waals surface area contributed by atoms with Crippen molar-refractivity contribution in [2.24, 2.45) is 0 Å². The molecule has 0 aliphatic carbocycles. The Morgan fingerprint density at radius 2 is 1.86 bits per heavy atom. The summed E-state index contributed by atoms with van der Waals surface area (Å²) in [6.45, 7) is -0.388. The summed E-state index contributed by atoms with van der Waals surface area (Å²) in [4.78, 5) is 23.6. The zero-order chi connectivity index (χ0) is 26.0. The summed E-state index contributed by atoms with van der Waals surface area (Å²) >= 11 is 0. The van der Waals surface area contributed by atoms with Crippen LogP contribution in [0.1, 0.15) is 16.8 Å². The number of aromatic nitrogens is 3. The summed E-state index contributed by atoms with van der Waals surface area (Å²) in [6, 6.07) is 6.92. The van der Waals surface area contributed by atoms with Crippen LogP contribution in [0, 0.1) is 5.82 Å². The molecule has 0 saturated carbocycles. The third kappa shape index (κ3) is 4.68. The van der Waals surface area contributed by atoms with E-state index in [0.717, 1.165) is 0 Å². The van der Waals surface area contributed by atoms with Gasteiger partial charge < -0.3 is 26.3 Å². The fraction of sp³-hybridized carbons (Fsp3) is 0.130. The number of nitrogens with zero attached hydrogens (tertiary/aromatic N) is 3. The molecule has 2 aromatic carbocycles. The number of hydrogen-bond acceptors (Lipinski definition) is 6. The Kier molecular flexibility index (Phi) is 6.57. The topological polar surface area (TPSA) is 135 Å². The van der Waals surface area contributed by atoms with Gasteiger partial charge in [-0.1, -0.05) is 12.1 Å². The Balaban J connectivity index is 1.61. The maximum absolute atomic E-state index is 13.9. The maximum atomic E-state index is 13.9. The van der Waals surface area contributed by atoms with Crippen LogP contribution in [0.3, 0.4) is 0 Å². The van der Waals surface area contributed by atoms with Crippen molar-refractivity contribution in [1.82, 2.24) is 14.6 Å². The number of nitrogen functional groups attached to an aromatic ring is 1. The van der Waals surface area contributed by atoms with Crippen molar-refractivity contribution in [2.75, 3.05) is 16.4 Å². The number of nitrogens with one attached hydrogen (secondary N) is 2. The molecule has 13 heteroatoms. The van der Waals surface area contributed by atoms with Crippen molar-refractivity contribution in [1.29, 1.82) is 0 Å². The minimum atomic E-state index is -4.70. The van der Waals surface area contributed by atoms with Crippen molar-refractivity contribution >= 4 is 35.0 Å². The van der Waals surface area contributed by atoms with Crippen molar-refractivity contribution in [3.05, 3.63) is 71.4 Å². The standard InChI is InChI=1S/C23H18F4N6O3/c24-16-6-3-13(23(25,26)27)9-17(16)31-22(36)30-14-4-1-12(2-5-14)19-15(7-8-34)18(10-35)33-11-29-32-21(28)20(19)33/h1-6,8-9,11,35H,7,10H2,(H2,28,32)(H2,30,31,36). The number of halogens is 4. The van der Waals surface area contributed by atoms with Gasteiger partial charge in [0.1, 0.15) is 18.4 Å². The molecule has 4 aromatic rings. The molecule has 0 spiro atoms. The van der Waals surface area contributed by atoms with Gasteiger partial charge in [0, 0.05) is 17.7 Å². The van der Waals surface area contributed by atoms with Gasteiger partial charge in [0.25, 0.3) is 0 Å². The van der Waals surface area contributed by atoms with Crippen LogP contribution in [0.2, 0.25) is 0 Å². The molecule has 186 valence electrons. The van der Waals surface area contributed by atoms with E-state index in [2.05, 4.69) is 20.8 Å². The molecule has 0 unspecified atom stereocenters. The van der Waals surface area contributed by atoms with E-state index in [1.165, 1.54) is 18.5 Å². The van der Waals surface area contributed by atoms with Crippen molar-refractivity contribution < 1.29 is 32.3 Å². The fourth-order valence-electron chi connectivity index (χ4n) is 3.84. The Morgan fingerprint density at radius 1 is 1.14 bits per heavy atom. The van der Waals surface area contributed by atoms with Gasteiger partial charge in [0.2, 0.25) is 0 Å². The van der Waals surface area contributed by atoms with E-state index in [-0.39, 0.29) is 24.5 Å². The lowest BCUT2D eigenvalue weighted by Gasteiger charge is -2.12. The molecule has 0 fully saturated rings. The minimum Gasteiger partial charge on any atom is -0.390 e. The van der Waals surface area contributed by atoms with E-state index in [0.29, 0.717) is 52.4 Å². The van der Waals surface area contributed by atoms with Crippen LogP contribution < -0.4 is 16.4 Å². The lowest BCUT2D eigenvalue weighted by Crippen LogP contribution is -2.20. The number of aliphatic hydroxyl groups is 1. The van der Waals surface area contributed by atoms with E-state index in [9.17, 15) is 32.3 Å². The summed E-state index contributed by atoms with van der Waals surface area (Å²) < 4.78 is 54.1. The molecule has 2 heterocycles. The smallest absolute Gasteiger partial charge is 0.390 e. The third-order valence-electron chi connectivity index (χ3n) is 5.40. The predicted molar refractivity (Wildman–Crippen MR) is 123 cm³/mol. The Morgan fingerprint density at radius 3 is 2.50 bits per heavy atom. The summed E-state index contributed by atoms with van der Waals surface area (Å²) in [5, 5.41) is 22.0. The number of urea groups is 1. The van der Waals surface area contributed by atoms with E-state index >= 15 is 0 Å². The highest BCUT2D eigenvalue weighted by molar-refractivity contribution is 6.00. The van der Waals surface area contributed by atoms with Crippen molar-refractivity contribution in [2.45, 2.75) is 19.2 Å². The summed E-state index contributed by atoms with van der Waals surface area (Å²) in [6.07, 6.45) is -2.67. The minimum absolute atomic E-state index is 0.0166. The highest BCUT2D eigenvalue weighted by Gasteiger charge is 2.31. The lowest BCUT2D eigenvalue weighted by atomic mass is 9.99. The Bertz CT molecular complexity index is 1450. The molecule has 0 aliphatic heterocycles. The van der Waals surface area contributed by atoms with Crippen LogP contribution in [0.15, 0.2) is 48.8 Å². The first-order valence-electron chi connectivity index (χ1n) is 10.4. The molecule has 36 heavy (non-hydrogen) atoms. The highest BCUT2D eigenvalue weighted by Crippen LogP contribution is 2.36. The second-order valence-electron chi connectivity index (χ2n) is 7.61. The van der Waals surface area contributed by atoms with Crippen LogP contribution in [0.5, 0.6) is 0 Å². The summed E-state index contributed by atoms with van der Waals surface area (Å²) in [7, 11) is 0. The van der Waals surface area contributed by atoms with Gasteiger partial charge >= 0.3 is 12.2 Å². The average molecular weight is 502 g/mol. The maximum Gasteiger partial charge on any atom is 0.416 e. The molecule has 0 saturated heterocycles. The number of aliphatic hydroxyl groups excluding tert-OH is 1. The van der Waals surface area contributed by atoms with E-state index in [1.807, 2.05) is 0 Å². The normalized spacial score (nSPS) is 11.5. The van der Waals surface area contributed by atoms with Gasteiger partial charge in [-0.15, -0.1) is 10.2 Å². The number of nitrogens with two attached hydrogens (primary N) is 1. The molecular formula is C23H18F4N6O3. The SMILES string of the molecule is Nc1nncn2c(CO)c(CC=O)c(-c3ccc(NC(=O)Nc4cc(C(F)(F)F)ccc4F)cc3)c12. The summed E-state index contributed by atoms with van der Waals surface area (Å²) in [5.74, 6) is -0.957. The second-order valence-corrected chi connectivity index (χ2v) is 7.61. The van der Waals surface area contributed by atoms with Crippen molar-refractivity contribution in [3.63, 3.8) is 0 Å². The zero-order valence-electron chi connectivity index (χ0n) is 18.3. The molecule has 0 aliphatic rings. The van der Waals surface area contributed by atoms with E-state index in [4.69, 9.17) is 5.73 Å². The van der Waals surface area contributed by atoms with Gasteiger partial charge in [-0.2, -0.15) is 13.2 Å². The number of benzene rings is 2. The van der Waals surface area contributed by atoms with Gasteiger partial charge in [0.05, 0.1) is 29.1 Å². The number of carbonyl (C=O) groups is 2. The molecule has 5 N–H and O–H groups in total. The number of aldehydes is 1. The first-order valence-corrected chi connectivity index (χ1v) is 10.4. The van der Waals surface area contributed by atoms with Gasteiger partial charge in [-0.05, 0) is 41.5 Å². The molecule has 4 rings (SSSR count). The van der Waals surface area contributed by atoms with Crippen LogP contribution in [-0.2, 0) is 24.0 Å². The number of alkyl halides is 3. The molecule has 0 atom stereocenters. The van der Waals surface area contributed by atoms with E-state index in [1.54, 1.807) is 16.5 Å². The molecule has 9 nitrogen and oxygen atoms in total. The summed E-state index contributed by atoms with van der Waals surface area (Å²) in [5.41, 5.74) is 7.02. The number of fused-ring (bicyclic) bond motifs is 1. The third-order valence-corrected chi connectivity index (χ3v) is 5.40. The number of carbonyl (C=O) groups excluding carboxylic acids is 2. The molecular weight excluding hydrogens is 484 g/mol. The molecule has 0 bridgehead atoms. The Labute approximate surface area is 200 Å². The highest BCUT2D eigenvalue weighted by atomic mass is 19.4. The number of hydrogen-bond donors (Lipinski definition) is 4. The average Bonchev–Trinajstić information content (AvgIpc) is 3.15. The Hall–Kier alpha value is -4.52. The lowest BCUT2D eigenvalue weighted by molar-refractivity contribution is -0.137. The van der Waals surface area contributed by atoms with Crippen LogP contribution in [0.25, 0.3) is 16.6 Å². The molecule has 2 amide bonds. The monoisotopic (exact) mass is 502 g/mol. The van der Waals surface area contributed by atoms with Crippen LogP contribution in [-0.4, -0.2) is 32.0 Å².